The normalized spacial score (nSPS) is 53.7. The molecule has 0 bridgehead atoms. The van der Waals surface area contributed by atoms with Crippen LogP contribution in [0.15, 0.2) is 0 Å². The Kier molecular flexibility index (Phi) is 10.3. The number of nitrogens with two attached hydrogens (primary N) is 1. The van der Waals surface area contributed by atoms with Crippen molar-refractivity contribution in [3.8, 4) is 0 Å². The standard InChI is InChI=1S/C18H31NO19P2/c19-5-7(22)13(35-18-12(27)8(23)6(21)4(34-18)2-32-39(28)29)3(1-20)33-17(5)36-14-10(25)9(24)11(26)15-16(14)38-40(30,31)37-15/h3-18,20-27H,1-2,19H2,(H-,28,29,30,31)/p+1/t3-,4-,5-,6-,7-,8+,9-,10-,11+,12+,13-,14+,15+,16-,17-,18-/m1/s1. The first-order chi connectivity index (χ1) is 18.7. The van der Waals surface area contributed by atoms with E-state index in [-0.39, 0.29) is 0 Å². The van der Waals surface area contributed by atoms with E-state index in [4.69, 9.17) is 38.6 Å². The predicted molar refractivity (Wildman–Crippen MR) is 120 cm³/mol. The average Bonchev–Trinajstić information content (AvgIpc) is 3.23. The minimum Gasteiger partial charge on any atom is -0.394 e. The highest BCUT2D eigenvalue weighted by molar-refractivity contribution is 7.47. The summed E-state index contributed by atoms with van der Waals surface area (Å²) in [6, 6.07) is -1.56. The molecular weight excluding hydrogens is 596 g/mol. The fourth-order valence-electron chi connectivity index (χ4n) is 4.89. The van der Waals surface area contributed by atoms with Gasteiger partial charge in [0.15, 0.2) is 12.6 Å². The lowest BCUT2D eigenvalue weighted by Gasteiger charge is -2.48. The van der Waals surface area contributed by atoms with Crippen molar-refractivity contribution in [2.24, 2.45) is 5.73 Å². The summed E-state index contributed by atoms with van der Waals surface area (Å²) in [4.78, 5) is 18.5. The molecule has 0 aromatic carbocycles. The molecular formula is C18H32NO19P2+. The molecule has 0 aromatic rings. The highest BCUT2D eigenvalue weighted by atomic mass is 31.2. The van der Waals surface area contributed by atoms with Crippen LogP contribution < -0.4 is 5.73 Å². The van der Waals surface area contributed by atoms with Gasteiger partial charge in [-0.2, -0.15) is 0 Å². The van der Waals surface area contributed by atoms with Crippen LogP contribution in [0.2, 0.25) is 0 Å². The molecule has 0 radical (unpaired) electrons. The van der Waals surface area contributed by atoms with Gasteiger partial charge in [-0.05, 0) is 0 Å². The molecule has 1 aliphatic carbocycles. The Balaban J connectivity index is 1.47. The number of aliphatic hydroxyl groups is 8. The van der Waals surface area contributed by atoms with Gasteiger partial charge < -0.3 is 70.4 Å². The van der Waals surface area contributed by atoms with Gasteiger partial charge in [0.1, 0.15) is 86.0 Å². The number of rotatable bonds is 8. The molecule has 4 aliphatic rings. The summed E-state index contributed by atoms with van der Waals surface area (Å²) in [7, 11) is -7.79. The maximum atomic E-state index is 11.9. The van der Waals surface area contributed by atoms with E-state index in [1.165, 1.54) is 0 Å². The summed E-state index contributed by atoms with van der Waals surface area (Å²) in [5.41, 5.74) is 6.04. The van der Waals surface area contributed by atoms with Gasteiger partial charge in [-0.25, -0.2) is 4.57 Å². The molecule has 20 nitrogen and oxygen atoms in total. The van der Waals surface area contributed by atoms with E-state index in [0.29, 0.717) is 0 Å². The quantitative estimate of drug-likeness (QED) is 0.111. The summed E-state index contributed by atoms with van der Waals surface area (Å²) < 4.78 is 58.9. The van der Waals surface area contributed by atoms with Crippen molar-refractivity contribution in [1.82, 2.24) is 0 Å². The minimum absolute atomic E-state index is 0.696. The van der Waals surface area contributed by atoms with Gasteiger partial charge in [0.2, 0.25) is 0 Å². The molecule has 22 heteroatoms. The van der Waals surface area contributed by atoms with Gasteiger partial charge in [-0.1, -0.05) is 0 Å². The van der Waals surface area contributed by atoms with Crippen molar-refractivity contribution < 1.29 is 92.3 Å². The Morgan fingerprint density at radius 1 is 0.750 bits per heavy atom. The maximum Gasteiger partial charge on any atom is 0.694 e. The molecule has 4 fully saturated rings. The monoisotopic (exact) mass is 628 g/mol. The van der Waals surface area contributed by atoms with Crippen molar-refractivity contribution >= 4 is 16.1 Å². The number of ether oxygens (including phenoxy) is 4. The third kappa shape index (κ3) is 6.42. The van der Waals surface area contributed by atoms with E-state index in [1.807, 2.05) is 0 Å². The number of phosphoric ester groups is 1. The topological polar surface area (TPSA) is 327 Å². The second kappa shape index (κ2) is 12.7. The summed E-state index contributed by atoms with van der Waals surface area (Å²) in [5, 5.41) is 82.1. The summed E-state index contributed by atoms with van der Waals surface area (Å²) in [6.45, 7) is -1.57. The number of fused-ring (bicyclic) bond motifs is 1. The summed E-state index contributed by atoms with van der Waals surface area (Å²) >= 11 is 0. The highest BCUT2D eigenvalue weighted by Crippen LogP contribution is 2.56. The van der Waals surface area contributed by atoms with Gasteiger partial charge in [0.25, 0.3) is 0 Å². The van der Waals surface area contributed by atoms with Crippen LogP contribution in [0.3, 0.4) is 0 Å². The number of hydrogen-bond donors (Lipinski definition) is 11. The molecule has 3 aliphatic heterocycles. The van der Waals surface area contributed by atoms with Crippen LogP contribution in [0.1, 0.15) is 0 Å². The molecule has 3 saturated heterocycles. The van der Waals surface area contributed by atoms with Crippen molar-refractivity contribution in [1.29, 1.82) is 0 Å². The minimum atomic E-state index is -4.70. The van der Waals surface area contributed by atoms with E-state index in [2.05, 4.69) is 4.52 Å². The van der Waals surface area contributed by atoms with Crippen LogP contribution in [0.25, 0.3) is 0 Å². The van der Waals surface area contributed by atoms with E-state index < -0.39 is 127 Å². The molecule has 18 atom stereocenters. The second-order valence-electron chi connectivity index (χ2n) is 9.62. The van der Waals surface area contributed by atoms with Gasteiger partial charge in [0.05, 0.1) is 12.6 Å². The first-order valence-electron chi connectivity index (χ1n) is 11.9. The van der Waals surface area contributed by atoms with Gasteiger partial charge >= 0.3 is 16.1 Å². The molecule has 4 rings (SSSR count). The fourth-order valence-corrected chi connectivity index (χ4v) is 6.31. The Labute approximate surface area is 225 Å². The molecule has 2 unspecified atom stereocenters. The lowest BCUT2D eigenvalue weighted by atomic mass is 9.84. The molecule has 1 saturated carbocycles. The number of phosphoric acid groups is 1. The van der Waals surface area contributed by atoms with Crippen molar-refractivity contribution in [3.05, 3.63) is 0 Å². The van der Waals surface area contributed by atoms with Gasteiger partial charge in [0, 0.05) is 4.57 Å². The van der Waals surface area contributed by atoms with Crippen LogP contribution in [0.4, 0.5) is 0 Å². The zero-order valence-electron chi connectivity index (χ0n) is 20.3. The molecule has 40 heavy (non-hydrogen) atoms. The zero-order valence-corrected chi connectivity index (χ0v) is 22.1. The highest BCUT2D eigenvalue weighted by Gasteiger charge is 2.61. The average molecular weight is 628 g/mol. The van der Waals surface area contributed by atoms with Crippen molar-refractivity contribution in [2.45, 2.75) is 98.0 Å². The Hall–Kier alpha value is -0.390. The maximum absolute atomic E-state index is 11.9. The molecule has 12 N–H and O–H groups in total. The summed E-state index contributed by atoms with van der Waals surface area (Å²) in [6.07, 6.45) is -25.9. The smallest absolute Gasteiger partial charge is 0.394 e. The van der Waals surface area contributed by atoms with E-state index in [9.17, 15) is 54.9 Å². The lowest BCUT2D eigenvalue weighted by Crippen LogP contribution is -2.69. The van der Waals surface area contributed by atoms with Gasteiger partial charge in [-0.15, -0.1) is 9.42 Å². The van der Waals surface area contributed by atoms with E-state index >= 15 is 0 Å². The zero-order chi connectivity index (χ0) is 29.7. The van der Waals surface area contributed by atoms with Crippen LogP contribution in [-0.2, 0) is 41.6 Å². The Morgan fingerprint density at radius 3 is 1.95 bits per heavy atom. The first kappa shape index (κ1) is 32.5. The van der Waals surface area contributed by atoms with E-state index in [1.54, 1.807) is 0 Å². The molecule has 0 aromatic heterocycles. The number of aliphatic hydroxyl groups excluding tert-OH is 8. The van der Waals surface area contributed by atoms with Crippen molar-refractivity contribution in [3.63, 3.8) is 0 Å². The van der Waals surface area contributed by atoms with Crippen LogP contribution in [-0.4, -0.2) is 162 Å². The fraction of sp³-hybridized carbons (Fsp3) is 1.00. The summed E-state index contributed by atoms with van der Waals surface area (Å²) in [5.74, 6) is 0. The second-order valence-corrected chi connectivity index (χ2v) is 11.7. The van der Waals surface area contributed by atoms with Crippen molar-refractivity contribution in [2.75, 3.05) is 13.2 Å². The Morgan fingerprint density at radius 2 is 1.32 bits per heavy atom. The SMILES string of the molecule is N[C@H]1[C@@H](O[C@H]2[C@H](O)[C@@H](O)[C@H](O)[C@@H]3OP(=O)(O)O[C@H]23)O[C@H](CO)[C@@H](O[C@H]2O[C@H](CO[P+](=O)O)[C@@H](O)[C@H](O)[C@@H]2O)[C@@H]1O. The van der Waals surface area contributed by atoms with Crippen LogP contribution in [0, 0.1) is 0 Å². The van der Waals surface area contributed by atoms with Crippen LogP contribution in [0.5, 0.6) is 0 Å². The molecule has 232 valence electrons. The largest absolute Gasteiger partial charge is 0.694 e. The van der Waals surface area contributed by atoms with Gasteiger partial charge in [-0.3, -0.25) is 9.05 Å². The number of hydrogen-bond acceptors (Lipinski definition) is 18. The predicted octanol–water partition coefficient (Wildman–Crippen LogP) is -6.38. The lowest BCUT2D eigenvalue weighted by molar-refractivity contribution is -0.355. The third-order valence-corrected chi connectivity index (χ3v) is 8.42. The molecule has 3 heterocycles. The van der Waals surface area contributed by atoms with Crippen LogP contribution >= 0.6 is 16.1 Å². The molecule has 0 amide bonds. The third-order valence-electron chi connectivity index (χ3n) is 7.03. The Bertz CT molecular complexity index is 947. The molecule has 0 spiro atoms. The van der Waals surface area contributed by atoms with E-state index in [0.717, 1.165) is 0 Å². The first-order valence-corrected chi connectivity index (χ1v) is 14.5.